The monoisotopic (exact) mass is 356 g/mol. The minimum absolute atomic E-state index is 0.215. The van der Waals surface area contributed by atoms with Gasteiger partial charge in [-0.2, -0.15) is 4.98 Å². The molecule has 0 bridgehead atoms. The average Bonchev–Trinajstić information content (AvgIpc) is 2.64. The van der Waals surface area contributed by atoms with Crippen molar-refractivity contribution in [3.63, 3.8) is 0 Å². The number of primary amides is 1. The summed E-state index contributed by atoms with van der Waals surface area (Å²) in [6.07, 6.45) is 5.20. The lowest BCUT2D eigenvalue weighted by Gasteiger charge is -2.27. The van der Waals surface area contributed by atoms with Crippen molar-refractivity contribution < 1.29 is 9.53 Å². The first-order valence-electron chi connectivity index (χ1n) is 8.65. The fraction of sp³-hybridized carbons (Fsp3) is 0.389. The first kappa shape index (κ1) is 17.9. The van der Waals surface area contributed by atoms with Crippen LogP contribution in [0.2, 0.25) is 0 Å². The van der Waals surface area contributed by atoms with Crippen molar-refractivity contribution in [2.45, 2.75) is 37.8 Å². The summed E-state index contributed by atoms with van der Waals surface area (Å²) in [6.45, 7) is 0. The number of hydrogen-bond acceptors (Lipinski definition) is 7. The number of methoxy groups -OCH3 is 1. The molecule has 0 radical (unpaired) electrons. The number of amides is 1. The number of nitrogens with two attached hydrogens (primary N) is 2. The topological polar surface area (TPSA) is 128 Å². The number of benzene rings is 1. The Bertz CT molecular complexity index is 774. The van der Waals surface area contributed by atoms with Gasteiger partial charge in [-0.05, 0) is 37.8 Å². The highest BCUT2D eigenvalue weighted by molar-refractivity contribution is 5.97. The molecule has 1 aliphatic rings. The number of anilines is 3. The third-order valence-electron chi connectivity index (χ3n) is 4.49. The molecule has 0 aliphatic heterocycles. The fourth-order valence-electron chi connectivity index (χ4n) is 3.02. The van der Waals surface area contributed by atoms with Crippen LogP contribution in [0.3, 0.4) is 0 Å². The van der Waals surface area contributed by atoms with Gasteiger partial charge in [-0.15, -0.1) is 0 Å². The molecule has 6 N–H and O–H groups in total. The minimum atomic E-state index is -0.562. The third kappa shape index (κ3) is 4.40. The van der Waals surface area contributed by atoms with Gasteiger partial charge in [0.15, 0.2) is 0 Å². The van der Waals surface area contributed by atoms with Crippen molar-refractivity contribution in [3.8, 4) is 5.75 Å². The molecule has 1 fully saturated rings. The first-order chi connectivity index (χ1) is 12.5. The van der Waals surface area contributed by atoms with Crippen molar-refractivity contribution in [2.24, 2.45) is 11.5 Å². The predicted molar refractivity (Wildman–Crippen MR) is 101 cm³/mol. The lowest BCUT2D eigenvalue weighted by atomic mass is 9.92. The summed E-state index contributed by atoms with van der Waals surface area (Å²) in [6, 6.07) is 7.89. The maximum absolute atomic E-state index is 11.7. The Morgan fingerprint density at radius 1 is 1.27 bits per heavy atom. The van der Waals surface area contributed by atoms with Crippen LogP contribution in [0.4, 0.5) is 17.5 Å². The molecule has 138 valence electrons. The molecular formula is C18H24N6O2. The van der Waals surface area contributed by atoms with Crippen molar-refractivity contribution in [1.82, 2.24) is 9.97 Å². The van der Waals surface area contributed by atoms with Gasteiger partial charge < -0.3 is 26.8 Å². The van der Waals surface area contributed by atoms with Crippen LogP contribution in [-0.4, -0.2) is 35.1 Å². The molecule has 3 rings (SSSR count). The van der Waals surface area contributed by atoms with Crippen LogP contribution in [0.5, 0.6) is 5.75 Å². The molecule has 0 atom stereocenters. The standard InChI is InChI=1S/C18H24N6O2/c1-26-14-4-2-3-13(9-14)23-18-21-10-15(16(20)25)17(24-18)22-12-7-5-11(19)6-8-12/h2-4,9-12H,5-8,19H2,1H3,(H2,20,25)(H2,21,22,23,24). The summed E-state index contributed by atoms with van der Waals surface area (Å²) in [4.78, 5) is 20.4. The summed E-state index contributed by atoms with van der Waals surface area (Å²) in [5.41, 5.74) is 12.5. The summed E-state index contributed by atoms with van der Waals surface area (Å²) in [5, 5.41) is 6.44. The summed E-state index contributed by atoms with van der Waals surface area (Å²) in [7, 11) is 1.61. The Balaban J connectivity index is 1.80. The van der Waals surface area contributed by atoms with Crippen LogP contribution in [0, 0.1) is 0 Å². The number of ether oxygens (including phenoxy) is 1. The zero-order valence-corrected chi connectivity index (χ0v) is 14.7. The minimum Gasteiger partial charge on any atom is -0.497 e. The average molecular weight is 356 g/mol. The number of carbonyl (C=O) groups excluding carboxylic acids is 1. The van der Waals surface area contributed by atoms with E-state index in [0.29, 0.717) is 11.8 Å². The molecule has 0 unspecified atom stereocenters. The normalized spacial score (nSPS) is 19.6. The highest BCUT2D eigenvalue weighted by Gasteiger charge is 2.21. The highest BCUT2D eigenvalue weighted by Crippen LogP contribution is 2.24. The smallest absolute Gasteiger partial charge is 0.254 e. The lowest BCUT2D eigenvalue weighted by molar-refractivity contribution is 0.100. The van der Waals surface area contributed by atoms with Gasteiger partial charge in [-0.1, -0.05) is 6.07 Å². The van der Waals surface area contributed by atoms with Crippen molar-refractivity contribution in [3.05, 3.63) is 36.0 Å². The molecule has 8 nitrogen and oxygen atoms in total. The highest BCUT2D eigenvalue weighted by atomic mass is 16.5. The van der Waals surface area contributed by atoms with E-state index in [9.17, 15) is 4.79 Å². The van der Waals surface area contributed by atoms with E-state index in [-0.39, 0.29) is 17.6 Å². The zero-order valence-electron chi connectivity index (χ0n) is 14.7. The molecule has 2 aromatic rings. The van der Waals surface area contributed by atoms with E-state index in [4.69, 9.17) is 16.2 Å². The van der Waals surface area contributed by atoms with E-state index in [1.807, 2.05) is 24.3 Å². The van der Waals surface area contributed by atoms with Gasteiger partial charge in [0, 0.05) is 30.0 Å². The Hall–Kier alpha value is -2.87. The molecule has 8 heteroatoms. The Morgan fingerprint density at radius 2 is 2.04 bits per heavy atom. The number of nitrogens with one attached hydrogen (secondary N) is 2. The number of aromatic nitrogens is 2. The molecule has 1 aromatic carbocycles. The van der Waals surface area contributed by atoms with Gasteiger partial charge in [-0.3, -0.25) is 4.79 Å². The van der Waals surface area contributed by atoms with Gasteiger partial charge in [-0.25, -0.2) is 4.98 Å². The van der Waals surface area contributed by atoms with Crippen LogP contribution < -0.4 is 26.8 Å². The van der Waals surface area contributed by atoms with E-state index in [1.165, 1.54) is 6.20 Å². The molecule has 1 heterocycles. The van der Waals surface area contributed by atoms with Gasteiger partial charge in [0.2, 0.25) is 5.95 Å². The molecule has 1 amide bonds. The van der Waals surface area contributed by atoms with Gasteiger partial charge >= 0.3 is 0 Å². The van der Waals surface area contributed by atoms with Crippen molar-refractivity contribution in [2.75, 3.05) is 17.7 Å². The number of nitrogens with zero attached hydrogens (tertiary/aromatic N) is 2. The number of carbonyl (C=O) groups is 1. The lowest BCUT2D eigenvalue weighted by Crippen LogP contribution is -2.33. The van der Waals surface area contributed by atoms with E-state index >= 15 is 0 Å². The zero-order chi connectivity index (χ0) is 18.5. The first-order valence-corrected chi connectivity index (χ1v) is 8.65. The largest absolute Gasteiger partial charge is 0.497 e. The molecule has 1 saturated carbocycles. The van der Waals surface area contributed by atoms with Crippen LogP contribution in [0.25, 0.3) is 0 Å². The summed E-state index contributed by atoms with van der Waals surface area (Å²) >= 11 is 0. The molecule has 0 spiro atoms. The summed E-state index contributed by atoms with van der Waals surface area (Å²) < 4.78 is 5.21. The fourth-order valence-corrected chi connectivity index (χ4v) is 3.02. The van der Waals surface area contributed by atoms with Gasteiger partial charge in [0.1, 0.15) is 11.6 Å². The second-order valence-corrected chi connectivity index (χ2v) is 6.43. The summed E-state index contributed by atoms with van der Waals surface area (Å²) in [5.74, 6) is 0.977. The Kier molecular flexibility index (Phi) is 5.52. The van der Waals surface area contributed by atoms with Crippen molar-refractivity contribution >= 4 is 23.4 Å². The Labute approximate surface area is 152 Å². The van der Waals surface area contributed by atoms with Crippen molar-refractivity contribution in [1.29, 1.82) is 0 Å². The van der Waals surface area contributed by atoms with E-state index in [0.717, 1.165) is 37.1 Å². The second kappa shape index (κ2) is 8.01. The second-order valence-electron chi connectivity index (χ2n) is 6.43. The van der Waals surface area contributed by atoms with Crippen LogP contribution in [0.15, 0.2) is 30.5 Å². The van der Waals surface area contributed by atoms with Crippen LogP contribution in [-0.2, 0) is 0 Å². The van der Waals surface area contributed by atoms with Gasteiger partial charge in [0.05, 0.1) is 12.7 Å². The van der Waals surface area contributed by atoms with E-state index in [2.05, 4.69) is 20.6 Å². The van der Waals surface area contributed by atoms with Crippen LogP contribution in [0.1, 0.15) is 36.0 Å². The third-order valence-corrected chi connectivity index (χ3v) is 4.49. The quantitative estimate of drug-likeness (QED) is 0.623. The maximum Gasteiger partial charge on any atom is 0.254 e. The SMILES string of the molecule is COc1cccc(Nc2ncc(C(N)=O)c(NC3CCC(N)CC3)n2)c1. The molecule has 26 heavy (non-hydrogen) atoms. The van der Waals surface area contributed by atoms with Gasteiger partial charge in [0.25, 0.3) is 5.91 Å². The van der Waals surface area contributed by atoms with Crippen LogP contribution >= 0.6 is 0 Å². The number of hydrogen-bond donors (Lipinski definition) is 4. The molecule has 1 aliphatic carbocycles. The molecule has 0 saturated heterocycles. The molecule has 1 aromatic heterocycles. The van der Waals surface area contributed by atoms with E-state index in [1.54, 1.807) is 7.11 Å². The molecular weight excluding hydrogens is 332 g/mol. The number of rotatable bonds is 6. The Morgan fingerprint density at radius 3 is 2.73 bits per heavy atom. The maximum atomic E-state index is 11.7. The predicted octanol–water partition coefficient (Wildman–Crippen LogP) is 2.01. The van der Waals surface area contributed by atoms with E-state index < -0.39 is 5.91 Å².